The first kappa shape index (κ1) is 29.1. The molecule has 13 nitrogen and oxygen atoms in total. The molecule has 0 bridgehead atoms. The number of aromatic hydroxyl groups is 1. The van der Waals surface area contributed by atoms with E-state index < -0.39 is 21.0 Å². The van der Waals surface area contributed by atoms with E-state index >= 15 is 0 Å². The normalized spacial score (nSPS) is 18.7. The lowest BCUT2D eigenvalue weighted by Gasteiger charge is -2.26. The number of nitrogens with two attached hydrogens (primary N) is 1. The highest BCUT2D eigenvalue weighted by atomic mass is 31.2. The highest BCUT2D eigenvalue weighted by molar-refractivity contribution is 7.64. The number of phenols is 1. The number of rotatable bonds is 10. The van der Waals surface area contributed by atoms with Crippen LogP contribution < -0.4 is 16.4 Å². The molecule has 8 N–H and O–H groups in total. The molecule has 2 aromatic carbocycles. The summed E-state index contributed by atoms with van der Waals surface area (Å²) < 4.78 is 25.3. The lowest BCUT2D eigenvalue weighted by molar-refractivity contribution is 0.366. The molecule has 0 saturated heterocycles. The van der Waals surface area contributed by atoms with Crippen LogP contribution in [0.15, 0.2) is 54.9 Å². The summed E-state index contributed by atoms with van der Waals surface area (Å²) in [5.74, 6) is 1.05. The van der Waals surface area contributed by atoms with Crippen LogP contribution in [-0.4, -0.2) is 51.4 Å². The van der Waals surface area contributed by atoms with Crippen LogP contribution in [-0.2, 0) is 22.1 Å². The van der Waals surface area contributed by atoms with E-state index in [1.807, 2.05) is 10.6 Å². The molecular formula is C26H32N7O6P2+. The average molecular weight is 601 g/mol. The van der Waals surface area contributed by atoms with E-state index in [1.54, 1.807) is 36.7 Å². The molecule has 0 aliphatic heterocycles. The summed E-state index contributed by atoms with van der Waals surface area (Å²) in [7, 11) is -7.99. The van der Waals surface area contributed by atoms with Gasteiger partial charge in [0.1, 0.15) is 5.75 Å². The van der Waals surface area contributed by atoms with Gasteiger partial charge < -0.3 is 35.8 Å². The lowest BCUT2D eigenvalue weighted by Crippen LogP contribution is -2.33. The maximum atomic E-state index is 11.8. The number of nitrogens with one attached hydrogen (secondary N) is 2. The van der Waals surface area contributed by atoms with Gasteiger partial charge in [-0.3, -0.25) is 4.57 Å². The fourth-order valence-corrected chi connectivity index (χ4v) is 7.01. The van der Waals surface area contributed by atoms with Crippen molar-refractivity contribution in [2.45, 2.75) is 56.1 Å². The highest BCUT2D eigenvalue weighted by Crippen LogP contribution is 2.62. The van der Waals surface area contributed by atoms with Crippen molar-refractivity contribution in [2.75, 3.05) is 10.6 Å². The summed E-state index contributed by atoms with van der Waals surface area (Å²) in [6.07, 6.45) is 5.95. The van der Waals surface area contributed by atoms with Crippen molar-refractivity contribution in [3.8, 4) is 5.75 Å². The number of hydrogen-bond donors (Lipinski definition) is 7. The third-order valence-corrected chi connectivity index (χ3v) is 10.3. The zero-order chi connectivity index (χ0) is 29.1. The average Bonchev–Trinajstić information content (AvgIpc) is 3.32. The van der Waals surface area contributed by atoms with Crippen LogP contribution in [0.2, 0.25) is 0 Å². The van der Waals surface area contributed by atoms with Crippen LogP contribution in [0.25, 0.3) is 11.2 Å². The van der Waals surface area contributed by atoms with Gasteiger partial charge in [0.25, 0.3) is 0 Å². The number of nitrogens with zero attached hydrogens (tertiary/aromatic N) is 4. The Kier molecular flexibility index (Phi) is 8.65. The highest BCUT2D eigenvalue weighted by Gasteiger charge is 2.46. The van der Waals surface area contributed by atoms with Crippen molar-refractivity contribution in [2.24, 2.45) is 5.73 Å². The van der Waals surface area contributed by atoms with Crippen LogP contribution in [0, 0.1) is 0 Å². The Morgan fingerprint density at radius 3 is 2.49 bits per heavy atom. The Morgan fingerprint density at radius 1 is 1.10 bits per heavy atom. The van der Waals surface area contributed by atoms with E-state index in [9.17, 15) is 28.9 Å². The van der Waals surface area contributed by atoms with Crippen molar-refractivity contribution in [3.05, 3.63) is 66.0 Å². The summed E-state index contributed by atoms with van der Waals surface area (Å²) in [6, 6.07) is 13.4. The number of benzene rings is 2. The minimum absolute atomic E-state index is 0.0504. The van der Waals surface area contributed by atoms with E-state index in [0.29, 0.717) is 41.6 Å². The number of phenolic OH excluding ortho intramolecular Hbond substituents is 1. The van der Waals surface area contributed by atoms with Crippen LogP contribution in [0.5, 0.6) is 5.75 Å². The summed E-state index contributed by atoms with van der Waals surface area (Å²) in [6.45, 7) is 0.561. The molecule has 1 aliphatic carbocycles. The van der Waals surface area contributed by atoms with Crippen LogP contribution in [0.1, 0.15) is 42.2 Å². The topological polar surface area (TPSA) is 209 Å². The van der Waals surface area contributed by atoms with Gasteiger partial charge in [0.15, 0.2) is 17.0 Å². The third kappa shape index (κ3) is 7.08. The molecule has 2 aromatic heterocycles. The van der Waals surface area contributed by atoms with Gasteiger partial charge in [-0.05, 0) is 66.5 Å². The first-order chi connectivity index (χ1) is 19.6. The fraction of sp³-hybridized carbons (Fsp3) is 0.346. The molecule has 0 amide bonds. The second-order valence-electron chi connectivity index (χ2n) is 10.2. The van der Waals surface area contributed by atoms with Gasteiger partial charge in [-0.25, -0.2) is 4.98 Å². The first-order valence-corrected chi connectivity index (χ1v) is 16.1. The van der Waals surface area contributed by atoms with Crippen molar-refractivity contribution in [1.82, 2.24) is 19.5 Å². The van der Waals surface area contributed by atoms with Crippen molar-refractivity contribution in [3.63, 3.8) is 0 Å². The summed E-state index contributed by atoms with van der Waals surface area (Å²) in [4.78, 5) is 42.6. The lowest BCUT2D eigenvalue weighted by atomic mass is 9.92. The largest absolute Gasteiger partial charge is 0.526 e. The minimum Gasteiger partial charge on any atom is -0.508 e. The van der Waals surface area contributed by atoms with E-state index in [4.69, 9.17) is 15.7 Å². The molecule has 4 aromatic rings. The van der Waals surface area contributed by atoms with Crippen LogP contribution in [0.3, 0.4) is 0 Å². The molecule has 1 aliphatic rings. The third-order valence-electron chi connectivity index (χ3n) is 7.12. The number of imidazole rings is 1. The van der Waals surface area contributed by atoms with Crippen molar-refractivity contribution < 1.29 is 28.9 Å². The van der Waals surface area contributed by atoms with E-state index in [0.717, 1.165) is 31.2 Å². The maximum absolute atomic E-state index is 11.8. The Labute approximate surface area is 236 Å². The molecule has 2 atom stereocenters. The fourth-order valence-electron chi connectivity index (χ4n) is 4.99. The summed E-state index contributed by atoms with van der Waals surface area (Å²) in [5.41, 5.74) is 8.75. The Bertz CT molecular complexity index is 1590. The molecule has 0 spiro atoms. The van der Waals surface area contributed by atoms with Gasteiger partial charge in [-0.1, -0.05) is 24.3 Å². The van der Waals surface area contributed by atoms with Gasteiger partial charge in [0.2, 0.25) is 5.95 Å². The van der Waals surface area contributed by atoms with Crippen molar-refractivity contribution in [1.29, 1.82) is 0 Å². The van der Waals surface area contributed by atoms with Gasteiger partial charge in [0, 0.05) is 29.9 Å². The number of hydrogen-bond acceptors (Lipinski definition) is 9. The summed E-state index contributed by atoms with van der Waals surface area (Å²) >= 11 is 0. The Balaban J connectivity index is 1.44. The Hall–Kier alpha value is -3.44. The SMILES string of the molecule is NC1CCC(Nc2nc(Nc3ccc(C([P+](=O)O)P(=O)(O)O)cc3)c3ncn(CCc4cccc(O)c4)c3n2)CC1. The number of anilines is 3. The van der Waals surface area contributed by atoms with E-state index in [-0.39, 0.29) is 23.4 Å². The quantitative estimate of drug-likeness (QED) is 0.128. The van der Waals surface area contributed by atoms with Gasteiger partial charge >= 0.3 is 21.0 Å². The van der Waals surface area contributed by atoms with Gasteiger partial charge in [-0.2, -0.15) is 14.9 Å². The molecule has 2 heterocycles. The smallest absolute Gasteiger partial charge is 0.508 e. The number of aromatic nitrogens is 4. The van der Waals surface area contributed by atoms with Crippen LogP contribution in [0.4, 0.5) is 17.5 Å². The van der Waals surface area contributed by atoms with E-state index in [2.05, 4.69) is 15.6 Å². The van der Waals surface area contributed by atoms with Crippen molar-refractivity contribution >= 4 is 44.2 Å². The van der Waals surface area contributed by atoms with Crippen LogP contribution >= 0.6 is 15.6 Å². The second-order valence-corrected chi connectivity index (χ2v) is 13.4. The molecule has 1 fully saturated rings. The molecule has 216 valence electrons. The van der Waals surface area contributed by atoms with Gasteiger partial charge in [-0.15, -0.1) is 0 Å². The molecule has 0 radical (unpaired) electrons. The predicted molar refractivity (Wildman–Crippen MR) is 155 cm³/mol. The zero-order valence-corrected chi connectivity index (χ0v) is 23.8. The monoisotopic (exact) mass is 600 g/mol. The molecular weight excluding hydrogens is 568 g/mol. The maximum Gasteiger partial charge on any atom is 0.526 e. The molecule has 1 saturated carbocycles. The molecule has 5 rings (SSSR count). The molecule has 2 unspecified atom stereocenters. The minimum atomic E-state index is -4.84. The number of aryl methyl sites for hydroxylation is 2. The van der Waals surface area contributed by atoms with E-state index in [1.165, 1.54) is 12.1 Å². The first-order valence-electron chi connectivity index (χ1n) is 13.2. The predicted octanol–water partition coefficient (Wildman–Crippen LogP) is 4.11. The summed E-state index contributed by atoms with van der Waals surface area (Å²) in [5, 5.41) is 14.6. The second kappa shape index (κ2) is 12.2. The Morgan fingerprint density at radius 2 is 1.83 bits per heavy atom. The van der Waals surface area contributed by atoms with Gasteiger partial charge in [0.05, 0.1) is 6.33 Å². The molecule has 41 heavy (non-hydrogen) atoms. The zero-order valence-electron chi connectivity index (χ0n) is 22.0. The number of fused-ring (bicyclic) bond motifs is 1. The standard InChI is InChI=1S/C26H31N7O6P2/c27-18-6-10-20(11-7-18)30-26-31-23(29-19-8-4-17(5-9-19)25(40(35)36)41(37,38)39)22-24(32-26)33(15-28-22)13-12-16-2-1-3-21(34)14-16/h1-5,8-9,14-15,18,20,25H,6-7,10-13,27H2,(H5-,29,30,31,32,34,35,36,37,38,39)/p+1. The molecule has 15 heteroatoms.